The summed E-state index contributed by atoms with van der Waals surface area (Å²) in [4.78, 5) is 27.4. The van der Waals surface area contributed by atoms with Crippen LogP contribution >= 0.6 is 0 Å². The highest BCUT2D eigenvalue weighted by Crippen LogP contribution is 2.30. The third-order valence-corrected chi connectivity index (χ3v) is 5.94. The number of alkyl halides is 3. The Morgan fingerprint density at radius 2 is 1.71 bits per heavy atom. The van der Waals surface area contributed by atoms with Crippen molar-refractivity contribution < 1.29 is 27.2 Å². The Kier molecular flexibility index (Phi) is 8.30. The summed E-state index contributed by atoms with van der Waals surface area (Å²) in [5, 5.41) is 5.72. The molecular formula is C25H29F4N3O2. The third kappa shape index (κ3) is 7.03. The Hall–Kier alpha value is -2.94. The van der Waals surface area contributed by atoms with Crippen LogP contribution in [-0.4, -0.2) is 41.9 Å². The largest absolute Gasteiger partial charge is 0.416 e. The number of carbonyl (C=O) groups is 2. The molecule has 1 atom stereocenters. The van der Waals surface area contributed by atoms with Crippen molar-refractivity contribution in [2.45, 2.75) is 51.5 Å². The van der Waals surface area contributed by atoms with Gasteiger partial charge >= 0.3 is 6.18 Å². The van der Waals surface area contributed by atoms with Gasteiger partial charge in [0.1, 0.15) is 11.9 Å². The number of amides is 2. The van der Waals surface area contributed by atoms with Crippen molar-refractivity contribution >= 4 is 11.8 Å². The number of hydrogen-bond donors (Lipinski definition) is 2. The normalized spacial score (nSPS) is 16.3. The van der Waals surface area contributed by atoms with Gasteiger partial charge < -0.3 is 10.6 Å². The minimum atomic E-state index is -4.37. The molecule has 34 heavy (non-hydrogen) atoms. The van der Waals surface area contributed by atoms with Crippen molar-refractivity contribution in [3.63, 3.8) is 0 Å². The fraction of sp³-hybridized carbons (Fsp3) is 0.440. The summed E-state index contributed by atoms with van der Waals surface area (Å²) in [6.45, 7) is 5.33. The average Bonchev–Trinajstić information content (AvgIpc) is 2.78. The standard InChI is InChI=1S/C25H29F4N3O2/c1-16(2)22(31-23(33)18-6-8-20(26)9-7-18)24(34)30-21-10-12-32(13-11-21)15-17-4-3-5-19(14-17)25(27,28)29/h3-9,14,16,21-22H,10-13,15H2,1-2H3,(H,30,34)(H,31,33). The van der Waals surface area contributed by atoms with Crippen molar-refractivity contribution in [2.75, 3.05) is 13.1 Å². The van der Waals surface area contributed by atoms with Gasteiger partial charge in [-0.25, -0.2) is 4.39 Å². The lowest BCUT2D eigenvalue weighted by Crippen LogP contribution is -2.53. The van der Waals surface area contributed by atoms with E-state index in [0.29, 0.717) is 38.0 Å². The van der Waals surface area contributed by atoms with Crippen LogP contribution in [0.3, 0.4) is 0 Å². The number of likely N-dealkylation sites (tertiary alicyclic amines) is 1. The molecule has 0 aromatic heterocycles. The highest BCUT2D eigenvalue weighted by molar-refractivity contribution is 5.97. The SMILES string of the molecule is CC(C)C(NC(=O)c1ccc(F)cc1)C(=O)NC1CCN(Cc2cccc(C(F)(F)F)c2)CC1. The van der Waals surface area contributed by atoms with Gasteiger partial charge in [-0.15, -0.1) is 0 Å². The molecule has 1 heterocycles. The van der Waals surface area contributed by atoms with Crippen LogP contribution in [0.15, 0.2) is 48.5 Å². The Balaban J connectivity index is 1.51. The van der Waals surface area contributed by atoms with Crippen molar-refractivity contribution in [1.29, 1.82) is 0 Å². The van der Waals surface area contributed by atoms with Crippen LogP contribution in [0.2, 0.25) is 0 Å². The minimum absolute atomic E-state index is 0.0887. The number of nitrogens with zero attached hydrogens (tertiary/aromatic N) is 1. The molecule has 3 rings (SSSR count). The lowest BCUT2D eigenvalue weighted by atomic mass is 9.99. The van der Waals surface area contributed by atoms with Crippen molar-refractivity contribution in [3.05, 3.63) is 71.0 Å². The van der Waals surface area contributed by atoms with Gasteiger partial charge in [-0.1, -0.05) is 32.0 Å². The second-order valence-corrected chi connectivity index (χ2v) is 8.96. The second-order valence-electron chi connectivity index (χ2n) is 8.96. The molecule has 1 aliphatic heterocycles. The van der Waals surface area contributed by atoms with Gasteiger partial charge in [-0.2, -0.15) is 13.2 Å². The molecule has 2 amide bonds. The first-order valence-corrected chi connectivity index (χ1v) is 11.3. The van der Waals surface area contributed by atoms with Gasteiger partial charge in [-0.05, 0) is 54.7 Å². The Morgan fingerprint density at radius 1 is 1.06 bits per heavy atom. The van der Waals surface area contributed by atoms with E-state index in [4.69, 9.17) is 0 Å². The summed E-state index contributed by atoms with van der Waals surface area (Å²) in [7, 11) is 0. The predicted octanol–water partition coefficient (Wildman–Crippen LogP) is 4.38. The molecule has 0 spiro atoms. The quantitative estimate of drug-likeness (QED) is 0.580. The summed E-state index contributed by atoms with van der Waals surface area (Å²) in [5.41, 5.74) is 0.206. The lowest BCUT2D eigenvalue weighted by molar-refractivity contribution is -0.137. The number of benzene rings is 2. The number of rotatable bonds is 7. The second kappa shape index (κ2) is 11.0. The number of nitrogens with one attached hydrogen (secondary N) is 2. The predicted molar refractivity (Wildman–Crippen MR) is 120 cm³/mol. The number of carbonyl (C=O) groups excluding carboxylic acids is 2. The smallest absolute Gasteiger partial charge is 0.351 e. The first kappa shape index (κ1) is 25.7. The molecule has 2 aromatic carbocycles. The molecule has 0 radical (unpaired) electrons. The lowest BCUT2D eigenvalue weighted by Gasteiger charge is -2.33. The van der Waals surface area contributed by atoms with Crippen molar-refractivity contribution in [1.82, 2.24) is 15.5 Å². The first-order chi connectivity index (χ1) is 16.0. The van der Waals surface area contributed by atoms with E-state index in [1.165, 1.54) is 36.4 Å². The highest BCUT2D eigenvalue weighted by Gasteiger charge is 2.31. The Morgan fingerprint density at radius 3 is 2.29 bits per heavy atom. The van der Waals surface area contributed by atoms with Gasteiger partial charge in [0.05, 0.1) is 5.56 Å². The van der Waals surface area contributed by atoms with Crippen molar-refractivity contribution in [2.24, 2.45) is 5.92 Å². The molecule has 184 valence electrons. The molecular weight excluding hydrogens is 450 g/mol. The van der Waals surface area contributed by atoms with Crippen LogP contribution in [0, 0.1) is 11.7 Å². The molecule has 2 N–H and O–H groups in total. The van der Waals surface area contributed by atoms with E-state index in [2.05, 4.69) is 15.5 Å². The van der Waals surface area contributed by atoms with Crippen LogP contribution in [0.25, 0.3) is 0 Å². The summed E-state index contributed by atoms with van der Waals surface area (Å²) in [5.74, 6) is -1.36. The Bertz CT molecular complexity index is 984. The zero-order chi connectivity index (χ0) is 24.9. The summed E-state index contributed by atoms with van der Waals surface area (Å²) in [6.07, 6.45) is -3.06. The zero-order valence-corrected chi connectivity index (χ0v) is 19.2. The maximum Gasteiger partial charge on any atom is 0.416 e. The van der Waals surface area contributed by atoms with E-state index in [0.717, 1.165) is 6.07 Å². The molecule has 1 saturated heterocycles. The number of piperidine rings is 1. The average molecular weight is 480 g/mol. The van der Waals surface area contributed by atoms with Crippen LogP contribution < -0.4 is 10.6 Å². The molecule has 1 unspecified atom stereocenters. The Labute approximate surface area is 196 Å². The van der Waals surface area contributed by atoms with E-state index in [1.54, 1.807) is 6.07 Å². The minimum Gasteiger partial charge on any atom is -0.351 e. The fourth-order valence-corrected chi connectivity index (χ4v) is 3.99. The van der Waals surface area contributed by atoms with Gasteiger partial charge in [0.25, 0.3) is 5.91 Å². The van der Waals surface area contributed by atoms with E-state index in [-0.39, 0.29) is 23.4 Å². The number of halogens is 4. The highest BCUT2D eigenvalue weighted by atomic mass is 19.4. The fourth-order valence-electron chi connectivity index (χ4n) is 3.99. The topological polar surface area (TPSA) is 61.4 Å². The molecule has 9 heteroatoms. The molecule has 1 aliphatic rings. The van der Waals surface area contributed by atoms with E-state index < -0.39 is 29.5 Å². The maximum absolute atomic E-state index is 13.1. The summed E-state index contributed by atoms with van der Waals surface area (Å²) >= 11 is 0. The monoisotopic (exact) mass is 479 g/mol. The molecule has 5 nitrogen and oxygen atoms in total. The molecule has 2 aromatic rings. The van der Waals surface area contributed by atoms with E-state index in [9.17, 15) is 27.2 Å². The molecule has 0 saturated carbocycles. The van der Waals surface area contributed by atoms with Gasteiger partial charge in [0.2, 0.25) is 5.91 Å². The van der Waals surface area contributed by atoms with Crippen LogP contribution in [0.4, 0.5) is 17.6 Å². The first-order valence-electron chi connectivity index (χ1n) is 11.3. The summed E-state index contributed by atoms with van der Waals surface area (Å²) in [6, 6.07) is 9.59. The van der Waals surface area contributed by atoms with Crippen LogP contribution in [-0.2, 0) is 17.5 Å². The summed E-state index contributed by atoms with van der Waals surface area (Å²) < 4.78 is 51.9. The van der Waals surface area contributed by atoms with E-state index >= 15 is 0 Å². The van der Waals surface area contributed by atoms with E-state index in [1.807, 2.05) is 13.8 Å². The van der Waals surface area contributed by atoms with Gasteiger partial charge in [0, 0.05) is 31.2 Å². The van der Waals surface area contributed by atoms with Gasteiger partial charge in [0.15, 0.2) is 0 Å². The molecule has 1 fully saturated rings. The molecule has 0 aliphatic carbocycles. The number of hydrogen-bond acceptors (Lipinski definition) is 3. The zero-order valence-electron chi connectivity index (χ0n) is 19.2. The molecule has 0 bridgehead atoms. The maximum atomic E-state index is 13.1. The van der Waals surface area contributed by atoms with Crippen LogP contribution in [0.1, 0.15) is 48.2 Å². The third-order valence-electron chi connectivity index (χ3n) is 5.94. The van der Waals surface area contributed by atoms with Gasteiger partial charge in [-0.3, -0.25) is 14.5 Å². The van der Waals surface area contributed by atoms with Crippen molar-refractivity contribution in [3.8, 4) is 0 Å². The van der Waals surface area contributed by atoms with Crippen LogP contribution in [0.5, 0.6) is 0 Å².